The van der Waals surface area contributed by atoms with Gasteiger partial charge < -0.3 is 19.9 Å². The molecule has 0 aromatic rings. The lowest BCUT2D eigenvalue weighted by Gasteiger charge is -2.41. The second-order valence-corrected chi connectivity index (χ2v) is 4.69. The highest BCUT2D eigenvalue weighted by Gasteiger charge is 2.30. The number of morpholine rings is 1. The van der Waals surface area contributed by atoms with Crippen LogP contribution >= 0.6 is 0 Å². The van der Waals surface area contributed by atoms with Gasteiger partial charge in [0.05, 0.1) is 13.2 Å². The van der Waals surface area contributed by atoms with Gasteiger partial charge in [-0.15, -0.1) is 0 Å². The minimum atomic E-state index is 0.171. The zero-order valence-electron chi connectivity index (χ0n) is 10.1. The van der Waals surface area contributed by atoms with Gasteiger partial charge in [0, 0.05) is 38.3 Å². The van der Waals surface area contributed by atoms with E-state index in [1.54, 1.807) is 0 Å². The zero-order valence-corrected chi connectivity index (χ0v) is 10.1. The van der Waals surface area contributed by atoms with Crippen molar-refractivity contribution in [3.05, 3.63) is 0 Å². The molecule has 2 aliphatic heterocycles. The average Bonchev–Trinajstić information content (AvgIpc) is 2.32. The molecule has 1 N–H and O–H groups in total. The molecule has 0 spiro atoms. The van der Waals surface area contributed by atoms with Crippen LogP contribution in [-0.2, 0) is 4.74 Å². The van der Waals surface area contributed by atoms with Crippen LogP contribution in [0.4, 0.5) is 4.79 Å². The SMILES string of the molecule is CC1CN(C(=O)N2CCOCC2)C(C)CN1. The molecule has 0 aliphatic carbocycles. The number of amides is 2. The molecule has 0 saturated carbocycles. The van der Waals surface area contributed by atoms with Crippen molar-refractivity contribution in [3.8, 4) is 0 Å². The van der Waals surface area contributed by atoms with Crippen molar-refractivity contribution in [2.45, 2.75) is 25.9 Å². The molecule has 16 heavy (non-hydrogen) atoms. The van der Waals surface area contributed by atoms with Crippen LogP contribution in [0, 0.1) is 0 Å². The van der Waals surface area contributed by atoms with E-state index in [1.165, 1.54) is 0 Å². The van der Waals surface area contributed by atoms with E-state index < -0.39 is 0 Å². The van der Waals surface area contributed by atoms with Gasteiger partial charge in [0.15, 0.2) is 0 Å². The first kappa shape index (κ1) is 11.7. The summed E-state index contributed by atoms with van der Waals surface area (Å²) < 4.78 is 5.26. The van der Waals surface area contributed by atoms with Crippen LogP contribution in [0.2, 0.25) is 0 Å². The molecule has 0 aromatic heterocycles. The fourth-order valence-electron chi connectivity index (χ4n) is 2.22. The number of nitrogens with one attached hydrogen (secondary N) is 1. The topological polar surface area (TPSA) is 44.8 Å². The van der Waals surface area contributed by atoms with Crippen molar-refractivity contribution in [1.82, 2.24) is 15.1 Å². The van der Waals surface area contributed by atoms with Crippen LogP contribution in [0.25, 0.3) is 0 Å². The Morgan fingerprint density at radius 3 is 2.69 bits per heavy atom. The summed E-state index contributed by atoms with van der Waals surface area (Å²) in [5.41, 5.74) is 0. The lowest BCUT2D eigenvalue weighted by atomic mass is 10.1. The van der Waals surface area contributed by atoms with Crippen molar-refractivity contribution in [3.63, 3.8) is 0 Å². The number of rotatable bonds is 0. The van der Waals surface area contributed by atoms with E-state index in [0.717, 1.165) is 26.2 Å². The highest BCUT2D eigenvalue weighted by atomic mass is 16.5. The third-order valence-electron chi connectivity index (χ3n) is 3.29. The Labute approximate surface area is 96.7 Å². The molecule has 2 aliphatic rings. The maximum atomic E-state index is 12.3. The standard InChI is InChI=1S/C11H21N3O2/c1-9-8-14(10(2)7-12-9)11(15)13-3-5-16-6-4-13/h9-10,12H,3-8H2,1-2H3. The Morgan fingerprint density at radius 2 is 2.00 bits per heavy atom. The first-order chi connectivity index (χ1) is 7.68. The van der Waals surface area contributed by atoms with Crippen molar-refractivity contribution < 1.29 is 9.53 Å². The van der Waals surface area contributed by atoms with Crippen molar-refractivity contribution in [2.24, 2.45) is 0 Å². The fraction of sp³-hybridized carbons (Fsp3) is 0.909. The summed E-state index contributed by atoms with van der Waals surface area (Å²) >= 11 is 0. The highest BCUT2D eigenvalue weighted by molar-refractivity contribution is 5.75. The summed E-state index contributed by atoms with van der Waals surface area (Å²) in [6.45, 7) is 8.69. The van der Waals surface area contributed by atoms with Gasteiger partial charge in [-0.2, -0.15) is 0 Å². The van der Waals surface area contributed by atoms with Crippen molar-refractivity contribution in [2.75, 3.05) is 39.4 Å². The molecule has 2 heterocycles. The van der Waals surface area contributed by atoms with E-state index in [1.807, 2.05) is 9.80 Å². The number of piperazine rings is 1. The van der Waals surface area contributed by atoms with Gasteiger partial charge in [-0.05, 0) is 13.8 Å². The zero-order chi connectivity index (χ0) is 11.5. The molecule has 0 radical (unpaired) electrons. The molecule has 2 unspecified atom stereocenters. The summed E-state index contributed by atoms with van der Waals surface area (Å²) in [7, 11) is 0. The second-order valence-electron chi connectivity index (χ2n) is 4.69. The molecule has 2 amide bonds. The molecule has 5 heteroatoms. The van der Waals surface area contributed by atoms with Gasteiger partial charge in [-0.1, -0.05) is 0 Å². The third kappa shape index (κ3) is 2.47. The van der Waals surface area contributed by atoms with Gasteiger partial charge in [0.25, 0.3) is 0 Å². The molecule has 0 bridgehead atoms. The Bertz CT molecular complexity index is 254. The quantitative estimate of drug-likeness (QED) is 0.639. The van der Waals surface area contributed by atoms with Gasteiger partial charge in [0.2, 0.25) is 0 Å². The average molecular weight is 227 g/mol. The minimum absolute atomic E-state index is 0.171. The third-order valence-corrected chi connectivity index (χ3v) is 3.29. The van der Waals surface area contributed by atoms with E-state index >= 15 is 0 Å². The summed E-state index contributed by atoms with van der Waals surface area (Å²) in [5.74, 6) is 0. The fourth-order valence-corrected chi connectivity index (χ4v) is 2.22. The Morgan fingerprint density at radius 1 is 1.31 bits per heavy atom. The van der Waals surface area contributed by atoms with Crippen molar-refractivity contribution >= 4 is 6.03 Å². The molecular formula is C11H21N3O2. The summed E-state index contributed by atoms with van der Waals surface area (Å²) in [4.78, 5) is 16.2. The monoisotopic (exact) mass is 227 g/mol. The van der Waals surface area contributed by atoms with Gasteiger partial charge in [-0.3, -0.25) is 0 Å². The number of urea groups is 1. The number of hydrogen-bond acceptors (Lipinski definition) is 3. The first-order valence-corrected chi connectivity index (χ1v) is 6.05. The molecule has 5 nitrogen and oxygen atoms in total. The predicted molar refractivity (Wildman–Crippen MR) is 61.4 cm³/mol. The van der Waals surface area contributed by atoms with E-state index in [9.17, 15) is 4.79 Å². The highest BCUT2D eigenvalue weighted by Crippen LogP contribution is 2.11. The van der Waals surface area contributed by atoms with E-state index in [0.29, 0.717) is 19.3 Å². The summed E-state index contributed by atoms with van der Waals surface area (Å²) in [6, 6.07) is 0.844. The van der Waals surface area contributed by atoms with E-state index in [-0.39, 0.29) is 12.1 Å². The van der Waals surface area contributed by atoms with Crippen LogP contribution in [0.15, 0.2) is 0 Å². The van der Waals surface area contributed by atoms with Crippen LogP contribution in [0.3, 0.4) is 0 Å². The molecule has 2 rings (SSSR count). The normalized spacial score (nSPS) is 31.6. The van der Waals surface area contributed by atoms with Crippen LogP contribution in [0.1, 0.15) is 13.8 Å². The number of ether oxygens (including phenoxy) is 1. The maximum absolute atomic E-state index is 12.3. The van der Waals surface area contributed by atoms with Gasteiger partial charge >= 0.3 is 6.03 Å². The van der Waals surface area contributed by atoms with Crippen LogP contribution in [0.5, 0.6) is 0 Å². The Balaban J connectivity index is 1.96. The number of carbonyl (C=O) groups is 1. The molecule has 0 aromatic carbocycles. The summed E-state index contributed by atoms with van der Waals surface area (Å²) in [6.07, 6.45) is 0. The maximum Gasteiger partial charge on any atom is 0.320 e. The Kier molecular flexibility index (Phi) is 3.66. The number of carbonyl (C=O) groups excluding carboxylic acids is 1. The largest absolute Gasteiger partial charge is 0.378 e. The van der Waals surface area contributed by atoms with Crippen LogP contribution in [-0.4, -0.2) is 67.3 Å². The molecule has 2 atom stereocenters. The lowest BCUT2D eigenvalue weighted by molar-refractivity contribution is 0.0359. The molecule has 2 saturated heterocycles. The Hall–Kier alpha value is -0.810. The van der Waals surface area contributed by atoms with Gasteiger partial charge in [0.1, 0.15) is 0 Å². The second kappa shape index (κ2) is 5.01. The van der Waals surface area contributed by atoms with Crippen molar-refractivity contribution in [1.29, 1.82) is 0 Å². The summed E-state index contributed by atoms with van der Waals surface area (Å²) in [5, 5.41) is 3.38. The molecule has 2 fully saturated rings. The molecular weight excluding hydrogens is 206 g/mol. The minimum Gasteiger partial charge on any atom is -0.378 e. The number of hydrogen-bond donors (Lipinski definition) is 1. The van der Waals surface area contributed by atoms with Crippen LogP contribution < -0.4 is 5.32 Å². The first-order valence-electron chi connectivity index (χ1n) is 6.05. The smallest absolute Gasteiger partial charge is 0.320 e. The number of nitrogens with zero attached hydrogens (tertiary/aromatic N) is 2. The predicted octanol–water partition coefficient (Wildman–Crippen LogP) is 0.121. The van der Waals surface area contributed by atoms with E-state index in [2.05, 4.69) is 19.2 Å². The van der Waals surface area contributed by atoms with Gasteiger partial charge in [-0.25, -0.2) is 4.79 Å². The lowest BCUT2D eigenvalue weighted by Crippen LogP contribution is -2.60. The van der Waals surface area contributed by atoms with E-state index in [4.69, 9.17) is 4.74 Å². The molecule has 92 valence electrons.